The van der Waals surface area contributed by atoms with Crippen LogP contribution in [0, 0.1) is 12.7 Å². The first-order valence-electron chi connectivity index (χ1n) is 9.05. The van der Waals surface area contributed by atoms with Crippen molar-refractivity contribution >= 4 is 15.9 Å². The topological polar surface area (TPSA) is 66.9 Å². The second kappa shape index (κ2) is 8.28. The van der Waals surface area contributed by atoms with Crippen molar-refractivity contribution in [1.82, 2.24) is 9.21 Å². The number of piperazine rings is 1. The average molecular weight is 406 g/mol. The van der Waals surface area contributed by atoms with Crippen molar-refractivity contribution in [2.75, 3.05) is 26.2 Å². The van der Waals surface area contributed by atoms with Gasteiger partial charge in [0, 0.05) is 26.2 Å². The fourth-order valence-corrected chi connectivity index (χ4v) is 4.53. The molecule has 8 heteroatoms. The van der Waals surface area contributed by atoms with Crippen LogP contribution >= 0.6 is 0 Å². The highest BCUT2D eigenvalue weighted by molar-refractivity contribution is 7.89. The fourth-order valence-electron chi connectivity index (χ4n) is 3.10. The van der Waals surface area contributed by atoms with Crippen molar-refractivity contribution in [3.05, 3.63) is 59.9 Å². The monoisotopic (exact) mass is 406 g/mol. The van der Waals surface area contributed by atoms with Gasteiger partial charge >= 0.3 is 0 Å². The van der Waals surface area contributed by atoms with Gasteiger partial charge in [-0.1, -0.05) is 12.1 Å². The number of nitrogens with zero attached hydrogens (tertiary/aromatic N) is 2. The Kier molecular flexibility index (Phi) is 6.00. The summed E-state index contributed by atoms with van der Waals surface area (Å²) in [6, 6.07) is 12.2. The Morgan fingerprint density at radius 2 is 1.71 bits per heavy atom. The summed E-state index contributed by atoms with van der Waals surface area (Å²) < 4.78 is 45.4. The van der Waals surface area contributed by atoms with Crippen molar-refractivity contribution in [2.45, 2.75) is 24.8 Å². The molecule has 0 radical (unpaired) electrons. The number of rotatable bonds is 5. The van der Waals surface area contributed by atoms with Crippen molar-refractivity contribution in [3.8, 4) is 5.75 Å². The van der Waals surface area contributed by atoms with E-state index in [1.807, 2.05) is 25.1 Å². The molecular formula is C20H23FN2O4S. The fraction of sp³-hybridized carbons (Fsp3) is 0.350. The van der Waals surface area contributed by atoms with Crippen molar-refractivity contribution in [2.24, 2.45) is 0 Å². The number of benzene rings is 2. The summed E-state index contributed by atoms with van der Waals surface area (Å²) in [5.41, 5.74) is 1.04. The van der Waals surface area contributed by atoms with Gasteiger partial charge in [-0.05, 0) is 55.8 Å². The van der Waals surface area contributed by atoms with E-state index in [-0.39, 0.29) is 37.0 Å². The van der Waals surface area contributed by atoms with Crippen molar-refractivity contribution < 1.29 is 22.3 Å². The molecule has 1 aliphatic rings. The number of ether oxygens (including phenoxy) is 1. The minimum Gasteiger partial charge on any atom is -0.481 e. The normalized spacial score (nSPS) is 16.6. The molecule has 0 N–H and O–H groups in total. The molecule has 6 nitrogen and oxygen atoms in total. The zero-order chi connectivity index (χ0) is 20.3. The highest BCUT2D eigenvalue weighted by Crippen LogP contribution is 2.19. The lowest BCUT2D eigenvalue weighted by molar-refractivity contribution is -0.139. The summed E-state index contributed by atoms with van der Waals surface area (Å²) in [5, 5.41) is 0. The third-order valence-corrected chi connectivity index (χ3v) is 6.56. The molecule has 1 heterocycles. The van der Waals surface area contributed by atoms with Crippen LogP contribution in [-0.4, -0.2) is 55.8 Å². The summed E-state index contributed by atoms with van der Waals surface area (Å²) in [4.78, 5) is 14.3. The molecule has 2 aromatic rings. The summed E-state index contributed by atoms with van der Waals surface area (Å²) in [6.07, 6.45) is -0.665. The maximum absolute atomic E-state index is 13.0. The van der Waals surface area contributed by atoms with E-state index >= 15 is 0 Å². The standard InChI is InChI=1S/C20H23FN2O4S/c1-15-4-3-5-18(14-15)27-16(2)20(24)22-10-12-23(13-11-22)28(25,26)19-8-6-17(21)7-9-19/h3-9,14,16H,10-13H2,1-2H3/t16-/m0/s1. The molecule has 0 aromatic heterocycles. The molecule has 3 rings (SSSR count). The van der Waals surface area contributed by atoms with Gasteiger partial charge in [-0.15, -0.1) is 0 Å². The first-order chi connectivity index (χ1) is 13.3. The van der Waals surface area contributed by atoms with Crippen LogP contribution < -0.4 is 4.74 Å². The van der Waals surface area contributed by atoms with Gasteiger partial charge in [-0.25, -0.2) is 12.8 Å². The third kappa shape index (κ3) is 4.51. The van der Waals surface area contributed by atoms with Crippen molar-refractivity contribution in [3.63, 3.8) is 0 Å². The van der Waals surface area contributed by atoms with Gasteiger partial charge in [0.05, 0.1) is 4.90 Å². The third-order valence-electron chi connectivity index (χ3n) is 4.65. The quantitative estimate of drug-likeness (QED) is 0.765. The lowest BCUT2D eigenvalue weighted by atomic mass is 10.2. The van der Waals surface area contributed by atoms with Crippen LogP contribution in [0.4, 0.5) is 4.39 Å². The molecule has 28 heavy (non-hydrogen) atoms. The maximum atomic E-state index is 13.0. The Morgan fingerprint density at radius 1 is 1.07 bits per heavy atom. The van der Waals surface area contributed by atoms with E-state index in [2.05, 4.69) is 0 Å². The second-order valence-corrected chi connectivity index (χ2v) is 8.70. The Bertz CT molecular complexity index is 939. The lowest BCUT2D eigenvalue weighted by Gasteiger charge is -2.35. The number of hydrogen-bond donors (Lipinski definition) is 0. The minimum absolute atomic E-state index is 0.0461. The number of carbonyl (C=O) groups excluding carboxylic acids is 1. The van der Waals surface area contributed by atoms with Gasteiger partial charge < -0.3 is 9.64 Å². The Labute approximate surface area is 164 Å². The smallest absolute Gasteiger partial charge is 0.263 e. The summed E-state index contributed by atoms with van der Waals surface area (Å²) in [5.74, 6) is -0.0457. The predicted octanol–water partition coefficient (Wildman–Crippen LogP) is 2.43. The molecule has 0 unspecified atom stereocenters. The molecule has 150 valence electrons. The Morgan fingerprint density at radius 3 is 2.32 bits per heavy atom. The maximum Gasteiger partial charge on any atom is 0.263 e. The first kappa shape index (κ1) is 20.3. The zero-order valence-corrected chi connectivity index (χ0v) is 16.7. The molecule has 0 aliphatic carbocycles. The van der Waals surface area contributed by atoms with Crippen LogP contribution in [0.2, 0.25) is 0 Å². The Balaban J connectivity index is 1.59. The predicted molar refractivity (Wildman–Crippen MR) is 103 cm³/mol. The highest BCUT2D eigenvalue weighted by atomic mass is 32.2. The number of hydrogen-bond acceptors (Lipinski definition) is 4. The van der Waals surface area contributed by atoms with E-state index in [1.54, 1.807) is 17.9 Å². The largest absolute Gasteiger partial charge is 0.481 e. The number of aryl methyl sites for hydroxylation is 1. The number of carbonyl (C=O) groups is 1. The SMILES string of the molecule is Cc1cccc(O[C@@H](C)C(=O)N2CCN(S(=O)(=O)c3ccc(F)cc3)CC2)c1. The van der Waals surface area contributed by atoms with Crippen molar-refractivity contribution in [1.29, 1.82) is 0 Å². The minimum atomic E-state index is -3.70. The van der Waals surface area contributed by atoms with Crippen LogP contribution in [0.15, 0.2) is 53.4 Å². The van der Waals surface area contributed by atoms with E-state index in [4.69, 9.17) is 4.74 Å². The molecule has 1 amide bonds. The molecule has 0 saturated carbocycles. The number of sulfonamides is 1. The Hall–Kier alpha value is -2.45. The molecule has 1 aliphatic heterocycles. The molecule has 1 fully saturated rings. The second-order valence-electron chi connectivity index (χ2n) is 6.76. The average Bonchev–Trinajstić information content (AvgIpc) is 2.68. The van der Waals surface area contributed by atoms with E-state index in [0.717, 1.165) is 17.7 Å². The van der Waals surface area contributed by atoms with Gasteiger partial charge in [0.2, 0.25) is 10.0 Å². The van der Waals surface area contributed by atoms with Gasteiger partial charge in [-0.3, -0.25) is 4.79 Å². The number of halogens is 1. The van der Waals surface area contributed by atoms with Gasteiger partial charge in [-0.2, -0.15) is 4.31 Å². The summed E-state index contributed by atoms with van der Waals surface area (Å²) in [7, 11) is -3.70. The highest BCUT2D eigenvalue weighted by Gasteiger charge is 2.32. The molecule has 0 bridgehead atoms. The molecule has 0 spiro atoms. The molecule has 2 aromatic carbocycles. The van der Waals surface area contributed by atoms with E-state index in [1.165, 1.54) is 16.4 Å². The van der Waals surface area contributed by atoms with Crippen LogP contribution in [0.1, 0.15) is 12.5 Å². The van der Waals surface area contributed by atoms with Crippen LogP contribution in [0.5, 0.6) is 5.75 Å². The lowest BCUT2D eigenvalue weighted by Crippen LogP contribution is -2.53. The molecule has 1 saturated heterocycles. The van der Waals surface area contributed by atoms with E-state index < -0.39 is 21.9 Å². The van der Waals surface area contributed by atoms with Crippen LogP contribution in [0.3, 0.4) is 0 Å². The van der Waals surface area contributed by atoms with E-state index in [9.17, 15) is 17.6 Å². The van der Waals surface area contributed by atoms with Gasteiger partial charge in [0.15, 0.2) is 6.10 Å². The van der Waals surface area contributed by atoms with Crippen LogP contribution in [-0.2, 0) is 14.8 Å². The zero-order valence-electron chi connectivity index (χ0n) is 15.8. The first-order valence-corrected chi connectivity index (χ1v) is 10.5. The number of amides is 1. The summed E-state index contributed by atoms with van der Waals surface area (Å²) in [6.45, 7) is 4.55. The molecule has 1 atom stereocenters. The van der Waals surface area contributed by atoms with Gasteiger partial charge in [0.25, 0.3) is 5.91 Å². The van der Waals surface area contributed by atoms with E-state index in [0.29, 0.717) is 5.75 Å². The summed E-state index contributed by atoms with van der Waals surface area (Å²) >= 11 is 0. The van der Waals surface area contributed by atoms with Gasteiger partial charge in [0.1, 0.15) is 11.6 Å². The van der Waals surface area contributed by atoms with Crippen LogP contribution in [0.25, 0.3) is 0 Å². The molecular weight excluding hydrogens is 383 g/mol.